The summed E-state index contributed by atoms with van der Waals surface area (Å²) in [4.78, 5) is 27.2. The van der Waals surface area contributed by atoms with Gasteiger partial charge in [0, 0.05) is 53.6 Å². The van der Waals surface area contributed by atoms with Crippen molar-refractivity contribution in [3.05, 3.63) is 14.1 Å². The van der Waals surface area contributed by atoms with E-state index in [2.05, 4.69) is 61.4 Å². The van der Waals surface area contributed by atoms with Gasteiger partial charge in [-0.15, -0.1) is 0 Å². The predicted octanol–water partition coefficient (Wildman–Crippen LogP) is 4.45. The Balaban J connectivity index is 1.47. The Hall–Kier alpha value is -1.60. The summed E-state index contributed by atoms with van der Waals surface area (Å²) in [6.07, 6.45) is 3.07. The maximum absolute atomic E-state index is 11.3. The van der Waals surface area contributed by atoms with Crippen LogP contribution in [0, 0.1) is 8.99 Å². The third-order valence-corrected chi connectivity index (χ3v) is 9.85. The molecule has 2 aromatic rings. The van der Waals surface area contributed by atoms with Crippen LogP contribution in [0.15, 0.2) is 10.5 Å². The van der Waals surface area contributed by atoms with Crippen molar-refractivity contribution in [2.75, 3.05) is 57.8 Å². The zero-order chi connectivity index (χ0) is 24.7. The Morgan fingerprint density at radius 3 is 2.54 bits per heavy atom. The number of piperidine rings is 2. The summed E-state index contributed by atoms with van der Waals surface area (Å²) in [5.41, 5.74) is 0.854. The summed E-state index contributed by atoms with van der Waals surface area (Å²) < 4.78 is 14.3. The van der Waals surface area contributed by atoms with Crippen LogP contribution in [0.4, 0.5) is 10.6 Å². The van der Waals surface area contributed by atoms with Gasteiger partial charge in [0.1, 0.15) is 17.4 Å². The number of likely N-dealkylation sites (tertiary alicyclic amines) is 2. The fraction of sp³-hybridized carbons (Fsp3) is 0.625. The molecule has 11 heteroatoms. The standard InChI is InChI=1S/C24H31BrIN5O4/c1-3-34-20-18(25)17(26)12-16-19(20)27-22(35-15-4-8-29(2)9-5-15)28-21(16)30-10-6-24(7-11-30)13-31(14-24)23(32)33/h12,15H,3-11,13-14H2,1-2H3,(H,32,33). The highest BCUT2D eigenvalue weighted by Gasteiger charge is 2.47. The lowest BCUT2D eigenvalue weighted by Crippen LogP contribution is -2.61. The third-order valence-electron chi connectivity index (χ3n) is 7.47. The van der Waals surface area contributed by atoms with Crippen LogP contribution in [-0.4, -0.2) is 90.0 Å². The minimum atomic E-state index is -0.820. The van der Waals surface area contributed by atoms with E-state index in [1.54, 1.807) is 0 Å². The highest BCUT2D eigenvalue weighted by atomic mass is 127. The van der Waals surface area contributed by atoms with Crippen LogP contribution in [0.1, 0.15) is 32.6 Å². The Bertz CT molecular complexity index is 1110. The molecule has 35 heavy (non-hydrogen) atoms. The van der Waals surface area contributed by atoms with Gasteiger partial charge in [-0.05, 0) is 84.2 Å². The van der Waals surface area contributed by atoms with E-state index in [0.29, 0.717) is 25.7 Å². The third kappa shape index (κ3) is 5.00. The van der Waals surface area contributed by atoms with Gasteiger partial charge in [0.05, 0.1) is 11.1 Å². The van der Waals surface area contributed by atoms with Crippen LogP contribution in [0.25, 0.3) is 10.9 Å². The minimum Gasteiger partial charge on any atom is -0.490 e. The molecule has 0 bridgehead atoms. The van der Waals surface area contributed by atoms with E-state index < -0.39 is 6.09 Å². The number of anilines is 1. The van der Waals surface area contributed by atoms with E-state index in [1.165, 1.54) is 4.90 Å². The van der Waals surface area contributed by atoms with Crippen molar-refractivity contribution in [3.8, 4) is 11.8 Å². The van der Waals surface area contributed by atoms with Gasteiger partial charge in [-0.1, -0.05) is 0 Å². The average Bonchev–Trinajstić information content (AvgIpc) is 2.82. The molecule has 1 N–H and O–H groups in total. The zero-order valence-electron chi connectivity index (χ0n) is 20.1. The van der Waals surface area contributed by atoms with Gasteiger partial charge in [-0.3, -0.25) is 0 Å². The first kappa shape index (κ1) is 25.1. The fourth-order valence-electron chi connectivity index (χ4n) is 5.38. The first-order valence-corrected chi connectivity index (χ1v) is 14.1. The van der Waals surface area contributed by atoms with Crippen LogP contribution in [-0.2, 0) is 0 Å². The SMILES string of the molecule is CCOc1c(Br)c(I)cc2c(N3CCC4(CC3)CN(C(=O)O)C4)nc(OC3CCN(C)CC3)nc12. The summed E-state index contributed by atoms with van der Waals surface area (Å²) in [5, 5.41) is 10.2. The molecule has 0 unspecified atom stereocenters. The highest BCUT2D eigenvalue weighted by molar-refractivity contribution is 14.1. The number of benzene rings is 1. The van der Waals surface area contributed by atoms with E-state index in [4.69, 9.17) is 19.4 Å². The lowest BCUT2D eigenvalue weighted by molar-refractivity contribution is -0.00643. The number of hydrogen-bond donors (Lipinski definition) is 1. The van der Waals surface area contributed by atoms with Crippen LogP contribution in [0.2, 0.25) is 0 Å². The smallest absolute Gasteiger partial charge is 0.407 e. The number of carboxylic acid groups (broad SMARTS) is 1. The quantitative estimate of drug-likeness (QED) is 0.471. The highest BCUT2D eigenvalue weighted by Crippen LogP contribution is 2.44. The van der Waals surface area contributed by atoms with E-state index in [0.717, 1.165) is 82.4 Å². The van der Waals surface area contributed by atoms with Crippen molar-refractivity contribution in [1.29, 1.82) is 0 Å². The topological polar surface area (TPSA) is 91.3 Å². The second-order valence-electron chi connectivity index (χ2n) is 9.91. The van der Waals surface area contributed by atoms with Crippen molar-refractivity contribution >= 4 is 61.3 Å². The molecular formula is C24H31BrIN5O4. The molecule has 5 rings (SSSR count). The molecule has 1 spiro atoms. The van der Waals surface area contributed by atoms with Gasteiger partial charge in [-0.2, -0.15) is 9.97 Å². The summed E-state index contributed by atoms with van der Waals surface area (Å²) >= 11 is 6.01. The fourth-order valence-corrected chi connectivity index (χ4v) is 6.35. The van der Waals surface area contributed by atoms with E-state index >= 15 is 0 Å². The largest absolute Gasteiger partial charge is 0.490 e. The number of fused-ring (bicyclic) bond motifs is 1. The van der Waals surface area contributed by atoms with Crippen LogP contribution < -0.4 is 14.4 Å². The van der Waals surface area contributed by atoms with Crippen LogP contribution >= 0.6 is 38.5 Å². The predicted molar refractivity (Wildman–Crippen MR) is 146 cm³/mol. The van der Waals surface area contributed by atoms with Crippen LogP contribution in [0.5, 0.6) is 11.8 Å². The molecule has 190 valence electrons. The number of nitrogens with zero attached hydrogens (tertiary/aromatic N) is 5. The molecular weight excluding hydrogens is 629 g/mol. The molecule has 1 aromatic heterocycles. The Morgan fingerprint density at radius 2 is 1.91 bits per heavy atom. The van der Waals surface area contributed by atoms with Gasteiger partial charge in [0.25, 0.3) is 0 Å². The number of rotatable bonds is 5. The molecule has 3 fully saturated rings. The molecule has 3 aliphatic heterocycles. The number of aromatic nitrogens is 2. The number of amides is 1. The maximum atomic E-state index is 11.3. The molecule has 4 heterocycles. The lowest BCUT2D eigenvalue weighted by atomic mass is 9.72. The first-order valence-electron chi connectivity index (χ1n) is 12.2. The lowest BCUT2D eigenvalue weighted by Gasteiger charge is -2.53. The van der Waals surface area contributed by atoms with Crippen molar-refractivity contribution in [1.82, 2.24) is 19.8 Å². The Morgan fingerprint density at radius 1 is 1.23 bits per heavy atom. The number of hydrogen-bond acceptors (Lipinski definition) is 7. The summed E-state index contributed by atoms with van der Waals surface area (Å²) in [5.74, 6) is 1.59. The normalized spacial score (nSPS) is 20.8. The molecule has 0 aliphatic carbocycles. The van der Waals surface area contributed by atoms with Gasteiger partial charge < -0.3 is 29.3 Å². The van der Waals surface area contributed by atoms with Crippen molar-refractivity contribution in [2.24, 2.45) is 5.41 Å². The van der Waals surface area contributed by atoms with E-state index in [1.807, 2.05) is 6.92 Å². The van der Waals surface area contributed by atoms with Gasteiger partial charge in [0.15, 0.2) is 5.75 Å². The van der Waals surface area contributed by atoms with E-state index in [-0.39, 0.29) is 11.5 Å². The zero-order valence-corrected chi connectivity index (χ0v) is 23.8. The number of carbonyl (C=O) groups is 1. The average molecular weight is 660 g/mol. The van der Waals surface area contributed by atoms with Crippen LogP contribution in [0.3, 0.4) is 0 Å². The summed E-state index contributed by atoms with van der Waals surface area (Å²) in [7, 11) is 2.13. The Labute approximate surface area is 227 Å². The molecule has 1 amide bonds. The monoisotopic (exact) mass is 659 g/mol. The van der Waals surface area contributed by atoms with Gasteiger partial charge in [0.2, 0.25) is 0 Å². The van der Waals surface area contributed by atoms with Gasteiger partial charge in [-0.25, -0.2) is 4.79 Å². The van der Waals surface area contributed by atoms with Gasteiger partial charge >= 0.3 is 12.1 Å². The minimum absolute atomic E-state index is 0.0963. The molecule has 0 saturated carbocycles. The second-order valence-corrected chi connectivity index (χ2v) is 11.9. The van der Waals surface area contributed by atoms with Crippen molar-refractivity contribution in [3.63, 3.8) is 0 Å². The number of halogens is 2. The van der Waals surface area contributed by atoms with E-state index in [9.17, 15) is 9.90 Å². The van der Waals surface area contributed by atoms with Crippen molar-refractivity contribution in [2.45, 2.75) is 38.7 Å². The Kier molecular flexibility index (Phi) is 7.19. The second kappa shape index (κ2) is 10.0. The van der Waals surface area contributed by atoms with Crippen molar-refractivity contribution < 1.29 is 19.4 Å². The molecule has 3 saturated heterocycles. The molecule has 9 nitrogen and oxygen atoms in total. The summed E-state index contributed by atoms with van der Waals surface area (Å²) in [6, 6.07) is 2.51. The molecule has 1 aromatic carbocycles. The molecule has 0 atom stereocenters. The first-order chi connectivity index (χ1) is 16.8. The summed E-state index contributed by atoms with van der Waals surface area (Å²) in [6.45, 7) is 7.41. The molecule has 3 aliphatic rings. The molecule has 0 radical (unpaired) electrons. The maximum Gasteiger partial charge on any atom is 0.407 e. The number of ether oxygens (including phenoxy) is 2.